The number of aryl methyl sites for hydroxylation is 2. The van der Waals surface area contributed by atoms with E-state index in [1.807, 2.05) is 27.1 Å². The normalized spacial score (nSPS) is 21.5. The Bertz CT molecular complexity index is 407. The van der Waals surface area contributed by atoms with Gasteiger partial charge in [-0.25, -0.2) is 0 Å². The molecule has 1 amide bonds. The zero-order chi connectivity index (χ0) is 12.4. The SMILES string of the molecule is Cc1nn(C)cc1C(C)NC(=O)C1CCNC1. The van der Waals surface area contributed by atoms with Crippen molar-refractivity contribution in [1.29, 1.82) is 0 Å². The number of nitrogens with one attached hydrogen (secondary N) is 2. The first-order valence-corrected chi connectivity index (χ1v) is 6.09. The van der Waals surface area contributed by atoms with Crippen LogP contribution in [-0.2, 0) is 11.8 Å². The van der Waals surface area contributed by atoms with Crippen LogP contribution in [0.15, 0.2) is 6.20 Å². The fraction of sp³-hybridized carbons (Fsp3) is 0.667. The molecule has 1 aliphatic heterocycles. The zero-order valence-corrected chi connectivity index (χ0v) is 10.7. The first-order chi connectivity index (χ1) is 8.08. The fourth-order valence-corrected chi connectivity index (χ4v) is 2.33. The van der Waals surface area contributed by atoms with Crippen molar-refractivity contribution in [3.63, 3.8) is 0 Å². The van der Waals surface area contributed by atoms with E-state index in [-0.39, 0.29) is 17.9 Å². The Morgan fingerprint density at radius 1 is 1.71 bits per heavy atom. The van der Waals surface area contributed by atoms with Gasteiger partial charge < -0.3 is 10.6 Å². The lowest BCUT2D eigenvalue weighted by Gasteiger charge is -2.16. The van der Waals surface area contributed by atoms with Gasteiger partial charge in [-0.3, -0.25) is 9.48 Å². The molecule has 2 unspecified atom stereocenters. The Kier molecular flexibility index (Phi) is 3.47. The van der Waals surface area contributed by atoms with Crippen LogP contribution in [0.4, 0.5) is 0 Å². The van der Waals surface area contributed by atoms with E-state index in [1.54, 1.807) is 4.68 Å². The Hall–Kier alpha value is -1.36. The van der Waals surface area contributed by atoms with Crippen molar-refractivity contribution in [2.24, 2.45) is 13.0 Å². The molecule has 1 aromatic rings. The second kappa shape index (κ2) is 4.87. The maximum Gasteiger partial charge on any atom is 0.224 e. The minimum atomic E-state index is 0.0248. The van der Waals surface area contributed by atoms with Gasteiger partial charge in [-0.15, -0.1) is 0 Å². The third-order valence-corrected chi connectivity index (χ3v) is 3.31. The molecule has 94 valence electrons. The lowest BCUT2D eigenvalue weighted by molar-refractivity contribution is -0.125. The number of carbonyl (C=O) groups is 1. The molecule has 2 atom stereocenters. The van der Waals surface area contributed by atoms with Crippen LogP contribution in [-0.4, -0.2) is 28.8 Å². The number of nitrogens with zero attached hydrogens (tertiary/aromatic N) is 2. The van der Waals surface area contributed by atoms with Gasteiger partial charge in [0.25, 0.3) is 0 Å². The molecule has 1 fully saturated rings. The largest absolute Gasteiger partial charge is 0.349 e. The van der Waals surface area contributed by atoms with E-state index in [1.165, 1.54) is 0 Å². The number of amides is 1. The van der Waals surface area contributed by atoms with Gasteiger partial charge in [0.1, 0.15) is 0 Å². The smallest absolute Gasteiger partial charge is 0.224 e. The van der Waals surface area contributed by atoms with Crippen molar-refractivity contribution in [1.82, 2.24) is 20.4 Å². The van der Waals surface area contributed by atoms with Crippen LogP contribution >= 0.6 is 0 Å². The summed E-state index contributed by atoms with van der Waals surface area (Å²) in [5.74, 6) is 0.264. The number of carbonyl (C=O) groups excluding carboxylic acids is 1. The average molecular weight is 236 g/mol. The molecule has 0 radical (unpaired) electrons. The second-order valence-corrected chi connectivity index (χ2v) is 4.76. The van der Waals surface area contributed by atoms with Gasteiger partial charge in [0.05, 0.1) is 17.7 Å². The number of hydrogen-bond donors (Lipinski definition) is 2. The van der Waals surface area contributed by atoms with Crippen LogP contribution < -0.4 is 10.6 Å². The molecule has 2 rings (SSSR count). The number of rotatable bonds is 3. The summed E-state index contributed by atoms with van der Waals surface area (Å²) >= 11 is 0. The molecule has 5 heteroatoms. The molecule has 2 N–H and O–H groups in total. The highest BCUT2D eigenvalue weighted by Crippen LogP contribution is 2.17. The summed E-state index contributed by atoms with van der Waals surface area (Å²) in [6, 6.07) is 0.0248. The molecule has 0 saturated carbocycles. The predicted octanol–water partition coefficient (Wildman–Crippen LogP) is 0.515. The van der Waals surface area contributed by atoms with E-state index < -0.39 is 0 Å². The van der Waals surface area contributed by atoms with Crippen LogP contribution in [0.3, 0.4) is 0 Å². The zero-order valence-electron chi connectivity index (χ0n) is 10.7. The highest BCUT2D eigenvalue weighted by atomic mass is 16.2. The van der Waals surface area contributed by atoms with Gasteiger partial charge in [-0.1, -0.05) is 0 Å². The molecule has 5 nitrogen and oxygen atoms in total. The highest BCUT2D eigenvalue weighted by molar-refractivity contribution is 5.79. The van der Waals surface area contributed by atoms with Gasteiger partial charge in [0, 0.05) is 25.4 Å². The highest BCUT2D eigenvalue weighted by Gasteiger charge is 2.24. The van der Waals surface area contributed by atoms with Crippen LogP contribution in [0.5, 0.6) is 0 Å². The van der Waals surface area contributed by atoms with Crippen molar-refractivity contribution in [2.45, 2.75) is 26.3 Å². The van der Waals surface area contributed by atoms with Crippen molar-refractivity contribution in [2.75, 3.05) is 13.1 Å². The van der Waals surface area contributed by atoms with Crippen LogP contribution in [0.2, 0.25) is 0 Å². The Morgan fingerprint density at radius 2 is 2.47 bits per heavy atom. The van der Waals surface area contributed by atoms with Gasteiger partial charge in [-0.2, -0.15) is 5.10 Å². The number of aromatic nitrogens is 2. The van der Waals surface area contributed by atoms with E-state index in [4.69, 9.17) is 0 Å². The van der Waals surface area contributed by atoms with Gasteiger partial charge in [-0.05, 0) is 26.8 Å². The minimum Gasteiger partial charge on any atom is -0.349 e. The molecular weight excluding hydrogens is 216 g/mol. The molecule has 17 heavy (non-hydrogen) atoms. The lowest BCUT2D eigenvalue weighted by atomic mass is 10.1. The topological polar surface area (TPSA) is 59.0 Å². The van der Waals surface area contributed by atoms with E-state index >= 15 is 0 Å². The van der Waals surface area contributed by atoms with Crippen LogP contribution in [0.1, 0.15) is 30.6 Å². The molecule has 1 saturated heterocycles. The summed E-state index contributed by atoms with van der Waals surface area (Å²) in [6.45, 7) is 5.71. The van der Waals surface area contributed by atoms with Crippen molar-refractivity contribution in [3.8, 4) is 0 Å². The molecule has 1 aromatic heterocycles. The van der Waals surface area contributed by atoms with E-state index in [2.05, 4.69) is 15.7 Å². The Morgan fingerprint density at radius 3 is 3.00 bits per heavy atom. The molecular formula is C12H20N4O. The monoisotopic (exact) mass is 236 g/mol. The summed E-state index contributed by atoms with van der Waals surface area (Å²) in [4.78, 5) is 12.0. The Balaban J connectivity index is 1.98. The van der Waals surface area contributed by atoms with Crippen LogP contribution in [0, 0.1) is 12.8 Å². The minimum absolute atomic E-state index is 0.0248. The van der Waals surface area contributed by atoms with Gasteiger partial charge in [0.15, 0.2) is 0 Å². The van der Waals surface area contributed by atoms with E-state index in [0.717, 1.165) is 30.8 Å². The predicted molar refractivity (Wildman–Crippen MR) is 65.5 cm³/mol. The number of hydrogen-bond acceptors (Lipinski definition) is 3. The molecule has 0 aliphatic carbocycles. The molecule has 0 spiro atoms. The summed E-state index contributed by atoms with van der Waals surface area (Å²) in [6.07, 6.45) is 2.90. The van der Waals surface area contributed by atoms with Crippen molar-refractivity contribution < 1.29 is 4.79 Å². The van der Waals surface area contributed by atoms with E-state index in [0.29, 0.717) is 0 Å². The molecule has 0 aromatic carbocycles. The van der Waals surface area contributed by atoms with Crippen molar-refractivity contribution >= 4 is 5.91 Å². The average Bonchev–Trinajstić information content (AvgIpc) is 2.87. The third-order valence-electron chi connectivity index (χ3n) is 3.31. The summed E-state index contributed by atoms with van der Waals surface area (Å²) < 4.78 is 1.78. The quantitative estimate of drug-likeness (QED) is 0.804. The molecule has 0 bridgehead atoms. The first-order valence-electron chi connectivity index (χ1n) is 6.09. The standard InChI is InChI=1S/C12H20N4O/c1-8(11-7-16(3)15-9(11)2)14-12(17)10-4-5-13-6-10/h7-8,10,13H,4-6H2,1-3H3,(H,14,17). The fourth-order valence-electron chi connectivity index (χ4n) is 2.33. The molecule has 2 heterocycles. The summed E-state index contributed by atoms with van der Waals surface area (Å²) in [5.41, 5.74) is 2.07. The Labute approximate surface area is 102 Å². The van der Waals surface area contributed by atoms with Crippen LogP contribution in [0.25, 0.3) is 0 Å². The van der Waals surface area contributed by atoms with E-state index in [9.17, 15) is 4.79 Å². The van der Waals surface area contributed by atoms with Gasteiger partial charge in [0.2, 0.25) is 5.91 Å². The van der Waals surface area contributed by atoms with Crippen molar-refractivity contribution in [3.05, 3.63) is 17.5 Å². The first kappa shape index (κ1) is 12.1. The summed E-state index contributed by atoms with van der Waals surface area (Å²) in [7, 11) is 1.89. The molecule has 1 aliphatic rings. The second-order valence-electron chi connectivity index (χ2n) is 4.76. The summed E-state index contributed by atoms with van der Waals surface area (Å²) in [5, 5.41) is 10.6. The van der Waals surface area contributed by atoms with Gasteiger partial charge >= 0.3 is 0 Å². The maximum atomic E-state index is 12.0. The lowest BCUT2D eigenvalue weighted by Crippen LogP contribution is -2.33. The maximum absolute atomic E-state index is 12.0. The third kappa shape index (κ3) is 2.66.